The number of imidazole rings is 1. The van der Waals surface area contributed by atoms with Gasteiger partial charge in [-0.2, -0.15) is 4.98 Å². The molecular formula is C22H18N6O5S. The highest BCUT2D eigenvalue weighted by atomic mass is 32.2. The molecule has 0 unspecified atom stereocenters. The molecule has 11 nitrogen and oxygen atoms in total. The molecule has 0 aliphatic heterocycles. The zero-order valence-corrected chi connectivity index (χ0v) is 18.8. The summed E-state index contributed by atoms with van der Waals surface area (Å²) in [7, 11) is -3.89. The van der Waals surface area contributed by atoms with Gasteiger partial charge in [-0.25, -0.2) is 23.2 Å². The van der Waals surface area contributed by atoms with Crippen molar-refractivity contribution in [2.45, 2.75) is 18.7 Å². The maximum Gasteiger partial charge on any atom is 0.417 e. The van der Waals surface area contributed by atoms with Crippen LogP contribution in [0, 0.1) is 13.8 Å². The molecule has 2 N–H and O–H groups in total. The molecule has 0 bridgehead atoms. The molecule has 0 saturated heterocycles. The van der Waals surface area contributed by atoms with E-state index in [0.29, 0.717) is 34.5 Å². The average Bonchev–Trinajstić information content (AvgIpc) is 3.38. The molecule has 0 aliphatic carbocycles. The maximum absolute atomic E-state index is 12.8. The van der Waals surface area contributed by atoms with Crippen molar-refractivity contribution in [1.82, 2.24) is 24.5 Å². The molecule has 0 saturated carbocycles. The summed E-state index contributed by atoms with van der Waals surface area (Å²) in [5.41, 5.74) is 0.903. The lowest BCUT2D eigenvalue weighted by Gasteiger charge is -2.11. The van der Waals surface area contributed by atoms with E-state index in [2.05, 4.69) is 24.7 Å². The fourth-order valence-corrected chi connectivity index (χ4v) is 4.43. The van der Waals surface area contributed by atoms with Crippen LogP contribution in [0.1, 0.15) is 11.6 Å². The monoisotopic (exact) mass is 478 g/mol. The largest absolute Gasteiger partial charge is 0.439 e. The van der Waals surface area contributed by atoms with Crippen LogP contribution in [0.3, 0.4) is 0 Å². The lowest BCUT2D eigenvalue weighted by atomic mass is 10.3. The van der Waals surface area contributed by atoms with Gasteiger partial charge in [0.1, 0.15) is 23.2 Å². The minimum atomic E-state index is -3.89. The first kappa shape index (κ1) is 21.4. The minimum absolute atomic E-state index is 0.0174. The summed E-state index contributed by atoms with van der Waals surface area (Å²) in [5, 5.41) is 0. The van der Waals surface area contributed by atoms with E-state index in [9.17, 15) is 13.2 Å². The van der Waals surface area contributed by atoms with Crippen molar-refractivity contribution >= 4 is 26.8 Å². The van der Waals surface area contributed by atoms with Crippen molar-refractivity contribution in [3.05, 3.63) is 83.1 Å². The molecule has 3 aromatic heterocycles. The zero-order valence-electron chi connectivity index (χ0n) is 18.0. The Bertz CT molecular complexity index is 1670. The van der Waals surface area contributed by atoms with E-state index in [-0.39, 0.29) is 10.5 Å². The summed E-state index contributed by atoms with van der Waals surface area (Å²) in [4.78, 5) is 26.6. The number of fused-ring (bicyclic) bond motifs is 1. The Kier molecular flexibility index (Phi) is 5.13. The van der Waals surface area contributed by atoms with Gasteiger partial charge in [0.25, 0.3) is 10.0 Å². The Morgan fingerprint density at radius 2 is 1.85 bits per heavy atom. The number of ether oxygens (including phenoxy) is 1. The summed E-state index contributed by atoms with van der Waals surface area (Å²) in [6.07, 6.45) is 3.48. The Hall–Kier alpha value is -4.45. The van der Waals surface area contributed by atoms with E-state index in [4.69, 9.17) is 9.15 Å². The number of sulfonamides is 1. The van der Waals surface area contributed by atoms with Crippen molar-refractivity contribution in [2.24, 2.45) is 0 Å². The highest BCUT2D eigenvalue weighted by molar-refractivity contribution is 7.92. The Labute approximate surface area is 193 Å². The van der Waals surface area contributed by atoms with Gasteiger partial charge in [-0.15, -0.1) is 0 Å². The molecular weight excluding hydrogens is 460 g/mol. The second kappa shape index (κ2) is 8.15. The molecule has 0 radical (unpaired) electrons. The SMILES string of the molecule is Cc1nc(Oc2ccc(NS(=O)(=O)c3ccc4oc(=O)[nH]c4c3)cc2)cc(-n2ccnc2C)n1. The predicted molar refractivity (Wildman–Crippen MR) is 123 cm³/mol. The van der Waals surface area contributed by atoms with Gasteiger partial charge in [0.05, 0.1) is 10.4 Å². The van der Waals surface area contributed by atoms with Gasteiger partial charge in [0, 0.05) is 24.1 Å². The molecule has 0 aliphatic rings. The lowest BCUT2D eigenvalue weighted by Crippen LogP contribution is -2.12. The van der Waals surface area contributed by atoms with Gasteiger partial charge in [0.2, 0.25) is 5.88 Å². The van der Waals surface area contributed by atoms with Gasteiger partial charge >= 0.3 is 5.76 Å². The van der Waals surface area contributed by atoms with Crippen LogP contribution in [-0.2, 0) is 10.0 Å². The van der Waals surface area contributed by atoms with Gasteiger partial charge in [-0.3, -0.25) is 14.3 Å². The van der Waals surface area contributed by atoms with Crippen molar-refractivity contribution in [2.75, 3.05) is 4.72 Å². The number of H-pyrrole nitrogens is 1. The second-order valence-electron chi connectivity index (χ2n) is 7.36. The predicted octanol–water partition coefficient (Wildman–Crippen LogP) is 3.31. The van der Waals surface area contributed by atoms with Crippen LogP contribution >= 0.6 is 0 Å². The van der Waals surface area contributed by atoms with Crippen LogP contribution in [0.15, 0.2) is 75.0 Å². The molecule has 172 valence electrons. The van der Waals surface area contributed by atoms with E-state index < -0.39 is 15.8 Å². The first-order valence-electron chi connectivity index (χ1n) is 10.1. The van der Waals surface area contributed by atoms with Crippen molar-refractivity contribution in [3.8, 4) is 17.4 Å². The number of aromatic amines is 1. The molecule has 0 spiro atoms. The van der Waals surface area contributed by atoms with Crippen LogP contribution in [-0.4, -0.2) is 32.9 Å². The van der Waals surface area contributed by atoms with Crippen molar-refractivity contribution < 1.29 is 17.6 Å². The molecule has 2 aromatic carbocycles. The van der Waals surface area contributed by atoms with Gasteiger partial charge in [-0.1, -0.05) is 0 Å². The number of benzene rings is 2. The molecule has 5 aromatic rings. The van der Waals surface area contributed by atoms with E-state index in [1.807, 2.05) is 11.5 Å². The molecule has 0 fully saturated rings. The number of rotatable bonds is 6. The number of anilines is 1. The normalized spacial score (nSPS) is 11.6. The molecule has 3 heterocycles. The number of nitrogens with one attached hydrogen (secondary N) is 2. The maximum atomic E-state index is 12.8. The number of nitrogens with zero attached hydrogens (tertiary/aromatic N) is 4. The Balaban J connectivity index is 1.34. The summed E-state index contributed by atoms with van der Waals surface area (Å²) in [6.45, 7) is 3.63. The quantitative estimate of drug-likeness (QED) is 0.378. The highest BCUT2D eigenvalue weighted by Crippen LogP contribution is 2.25. The van der Waals surface area contributed by atoms with Gasteiger partial charge in [-0.05, 0) is 56.3 Å². The third-order valence-corrected chi connectivity index (χ3v) is 6.28. The highest BCUT2D eigenvalue weighted by Gasteiger charge is 2.16. The number of aryl methyl sites for hydroxylation is 2. The van der Waals surface area contributed by atoms with Crippen LogP contribution in [0.2, 0.25) is 0 Å². The summed E-state index contributed by atoms with van der Waals surface area (Å²) in [6, 6.07) is 12.2. The molecule has 12 heteroatoms. The summed E-state index contributed by atoms with van der Waals surface area (Å²) < 4.78 is 40.6. The van der Waals surface area contributed by atoms with Crippen LogP contribution < -0.4 is 15.2 Å². The Morgan fingerprint density at radius 1 is 1.06 bits per heavy atom. The molecule has 0 atom stereocenters. The van der Waals surface area contributed by atoms with Crippen LogP contribution in [0.4, 0.5) is 5.69 Å². The molecule has 5 rings (SSSR count). The summed E-state index contributed by atoms with van der Waals surface area (Å²) in [5.74, 6) is 2.08. The third-order valence-electron chi connectivity index (χ3n) is 4.90. The van der Waals surface area contributed by atoms with Crippen LogP contribution in [0.5, 0.6) is 11.6 Å². The number of aromatic nitrogens is 5. The van der Waals surface area contributed by atoms with E-state index in [0.717, 1.165) is 5.82 Å². The third kappa shape index (κ3) is 4.26. The molecule has 0 amide bonds. The van der Waals surface area contributed by atoms with E-state index >= 15 is 0 Å². The minimum Gasteiger partial charge on any atom is -0.439 e. The second-order valence-corrected chi connectivity index (χ2v) is 9.04. The van der Waals surface area contributed by atoms with Crippen molar-refractivity contribution in [1.29, 1.82) is 0 Å². The molecule has 34 heavy (non-hydrogen) atoms. The number of oxazole rings is 1. The smallest absolute Gasteiger partial charge is 0.417 e. The topological polar surface area (TPSA) is 145 Å². The fourth-order valence-electron chi connectivity index (χ4n) is 3.35. The average molecular weight is 478 g/mol. The van der Waals surface area contributed by atoms with Crippen molar-refractivity contribution in [3.63, 3.8) is 0 Å². The zero-order chi connectivity index (χ0) is 23.9. The van der Waals surface area contributed by atoms with Gasteiger partial charge in [0.15, 0.2) is 5.58 Å². The van der Waals surface area contributed by atoms with E-state index in [1.165, 1.54) is 18.2 Å². The number of hydrogen-bond donors (Lipinski definition) is 2. The van der Waals surface area contributed by atoms with Crippen LogP contribution in [0.25, 0.3) is 16.9 Å². The Morgan fingerprint density at radius 3 is 2.59 bits per heavy atom. The first-order valence-corrected chi connectivity index (χ1v) is 11.5. The van der Waals surface area contributed by atoms with E-state index in [1.54, 1.807) is 49.6 Å². The summed E-state index contributed by atoms with van der Waals surface area (Å²) >= 11 is 0. The number of hydrogen-bond acceptors (Lipinski definition) is 8. The lowest BCUT2D eigenvalue weighted by molar-refractivity contribution is 0.459. The first-order chi connectivity index (χ1) is 16.3. The standard InChI is InChI=1S/C22H18N6O5S/c1-13-24-20(28-10-9-23-14(28)2)12-21(25-13)32-16-5-3-15(4-6-16)27-34(30,31)17-7-8-19-18(11-17)26-22(29)33-19/h3-12,27H,1-2H3,(H,26,29). The fraction of sp³-hybridized carbons (Fsp3) is 0.0909. The van der Waals surface area contributed by atoms with Gasteiger partial charge < -0.3 is 9.15 Å².